The van der Waals surface area contributed by atoms with Crippen molar-refractivity contribution in [1.29, 1.82) is 0 Å². The minimum atomic E-state index is -1.02. The molecule has 5 nitrogen and oxygen atoms in total. The number of carbonyl (C=O) groups is 2. The van der Waals surface area contributed by atoms with E-state index in [4.69, 9.17) is 0 Å². The molecular formula is C21H20N2O3. The van der Waals surface area contributed by atoms with Gasteiger partial charge in [0.05, 0.1) is 5.54 Å². The maximum atomic E-state index is 12.6. The molecule has 132 valence electrons. The van der Waals surface area contributed by atoms with Crippen molar-refractivity contribution in [3.8, 4) is 0 Å². The van der Waals surface area contributed by atoms with Crippen LogP contribution in [0.4, 0.5) is 5.69 Å². The number of nitrogens with one attached hydrogen (secondary N) is 2. The Hall–Kier alpha value is -3.34. The third kappa shape index (κ3) is 3.37. The Kier molecular flexibility index (Phi) is 4.63. The van der Waals surface area contributed by atoms with Crippen LogP contribution in [-0.2, 0) is 16.0 Å². The first-order valence-corrected chi connectivity index (χ1v) is 8.27. The van der Waals surface area contributed by atoms with E-state index < -0.39 is 17.4 Å². The van der Waals surface area contributed by atoms with Gasteiger partial charge in [-0.2, -0.15) is 0 Å². The number of aliphatic hydroxyl groups is 1. The average molecular weight is 348 g/mol. The summed E-state index contributed by atoms with van der Waals surface area (Å²) in [7, 11) is 0. The molecule has 1 atom stereocenters. The second kappa shape index (κ2) is 6.88. The lowest BCUT2D eigenvalue weighted by atomic mass is 9.91. The maximum Gasteiger partial charge on any atom is 0.264 e. The molecule has 2 aromatic rings. The van der Waals surface area contributed by atoms with Crippen molar-refractivity contribution < 1.29 is 14.7 Å². The lowest BCUT2D eigenvalue weighted by Crippen LogP contribution is -2.43. The van der Waals surface area contributed by atoms with Crippen LogP contribution in [0.1, 0.15) is 18.1 Å². The number of hydrogen-bond acceptors (Lipinski definition) is 3. The van der Waals surface area contributed by atoms with Crippen molar-refractivity contribution in [2.75, 3.05) is 5.32 Å². The molecule has 2 amide bonds. The van der Waals surface area contributed by atoms with Crippen LogP contribution in [-0.4, -0.2) is 22.5 Å². The van der Waals surface area contributed by atoms with Crippen molar-refractivity contribution in [3.05, 3.63) is 83.6 Å². The summed E-state index contributed by atoms with van der Waals surface area (Å²) in [6, 6.07) is 16.5. The molecule has 5 heteroatoms. The van der Waals surface area contributed by atoms with E-state index in [9.17, 15) is 14.7 Å². The van der Waals surface area contributed by atoms with Gasteiger partial charge in [0, 0.05) is 12.1 Å². The van der Waals surface area contributed by atoms with Gasteiger partial charge in [0.1, 0.15) is 11.3 Å². The number of amides is 2. The molecule has 3 N–H and O–H groups in total. The van der Waals surface area contributed by atoms with Crippen molar-refractivity contribution >= 4 is 23.6 Å². The van der Waals surface area contributed by atoms with Crippen molar-refractivity contribution in [2.24, 2.45) is 0 Å². The Labute approximate surface area is 152 Å². The van der Waals surface area contributed by atoms with Crippen LogP contribution < -0.4 is 10.6 Å². The van der Waals surface area contributed by atoms with E-state index in [0.717, 1.165) is 11.1 Å². The van der Waals surface area contributed by atoms with E-state index in [2.05, 4.69) is 17.2 Å². The first-order valence-electron chi connectivity index (χ1n) is 8.27. The highest BCUT2D eigenvalue weighted by atomic mass is 16.3. The summed E-state index contributed by atoms with van der Waals surface area (Å²) in [5.74, 6) is -1.47. The molecule has 0 saturated carbocycles. The summed E-state index contributed by atoms with van der Waals surface area (Å²) in [5, 5.41) is 16.0. The Morgan fingerprint density at radius 2 is 1.96 bits per heavy atom. The zero-order chi connectivity index (χ0) is 18.7. The summed E-state index contributed by atoms with van der Waals surface area (Å²) >= 11 is 0. The van der Waals surface area contributed by atoms with E-state index in [0.29, 0.717) is 12.1 Å². The van der Waals surface area contributed by atoms with Gasteiger partial charge < -0.3 is 15.7 Å². The molecule has 1 unspecified atom stereocenters. The second-order valence-corrected chi connectivity index (χ2v) is 6.46. The highest BCUT2D eigenvalue weighted by molar-refractivity contribution is 6.25. The van der Waals surface area contributed by atoms with Gasteiger partial charge in [0.15, 0.2) is 0 Å². The van der Waals surface area contributed by atoms with Gasteiger partial charge in [-0.05, 0) is 30.2 Å². The van der Waals surface area contributed by atoms with Gasteiger partial charge in [0.25, 0.3) is 11.8 Å². The minimum absolute atomic E-state index is 0.247. The van der Waals surface area contributed by atoms with E-state index in [1.54, 1.807) is 31.2 Å². The molecule has 0 bridgehead atoms. The summed E-state index contributed by atoms with van der Waals surface area (Å²) in [4.78, 5) is 24.9. The Balaban J connectivity index is 1.85. The van der Waals surface area contributed by atoms with Crippen LogP contribution in [0, 0.1) is 0 Å². The van der Waals surface area contributed by atoms with Gasteiger partial charge in [0.2, 0.25) is 0 Å². The number of aliphatic hydroxyl groups excluding tert-OH is 1. The summed E-state index contributed by atoms with van der Waals surface area (Å²) in [5.41, 5.74) is 1.03. The normalized spacial score (nSPS) is 19.2. The highest BCUT2D eigenvalue weighted by Gasteiger charge is 2.44. The van der Waals surface area contributed by atoms with Crippen molar-refractivity contribution in [1.82, 2.24) is 5.32 Å². The predicted molar refractivity (Wildman–Crippen MR) is 102 cm³/mol. The first-order chi connectivity index (χ1) is 12.4. The van der Waals surface area contributed by atoms with E-state index >= 15 is 0 Å². The lowest BCUT2D eigenvalue weighted by Gasteiger charge is -2.24. The molecule has 2 aromatic carbocycles. The molecule has 3 rings (SSSR count). The lowest BCUT2D eigenvalue weighted by molar-refractivity contribution is -0.121. The van der Waals surface area contributed by atoms with Crippen LogP contribution >= 0.6 is 0 Å². The van der Waals surface area contributed by atoms with E-state index in [1.807, 2.05) is 36.4 Å². The zero-order valence-electron chi connectivity index (χ0n) is 14.5. The Bertz CT molecular complexity index is 902. The fourth-order valence-electron chi connectivity index (χ4n) is 3.04. The molecule has 1 heterocycles. The van der Waals surface area contributed by atoms with Crippen LogP contribution in [0.2, 0.25) is 0 Å². The maximum absolute atomic E-state index is 12.6. The molecule has 0 aromatic heterocycles. The smallest absolute Gasteiger partial charge is 0.264 e. The van der Waals surface area contributed by atoms with Crippen LogP contribution in [0.25, 0.3) is 6.08 Å². The van der Waals surface area contributed by atoms with Crippen molar-refractivity contribution in [2.45, 2.75) is 18.9 Å². The largest absolute Gasteiger partial charge is 0.509 e. The molecule has 1 aliphatic heterocycles. The minimum Gasteiger partial charge on any atom is -0.509 e. The number of carbonyl (C=O) groups excluding carboxylic acids is 2. The topological polar surface area (TPSA) is 78.4 Å². The Morgan fingerprint density at radius 1 is 1.23 bits per heavy atom. The third-order valence-electron chi connectivity index (χ3n) is 4.38. The molecule has 0 radical (unpaired) electrons. The van der Waals surface area contributed by atoms with Crippen LogP contribution in [0.3, 0.4) is 0 Å². The van der Waals surface area contributed by atoms with Gasteiger partial charge in [-0.25, -0.2) is 0 Å². The Morgan fingerprint density at radius 3 is 2.65 bits per heavy atom. The molecular weight excluding hydrogens is 328 g/mol. The highest BCUT2D eigenvalue weighted by Crippen LogP contribution is 2.29. The molecule has 0 spiro atoms. The second-order valence-electron chi connectivity index (χ2n) is 6.46. The van der Waals surface area contributed by atoms with Crippen LogP contribution in [0.15, 0.2) is 72.5 Å². The number of rotatable bonds is 5. The van der Waals surface area contributed by atoms with Gasteiger partial charge in [-0.3, -0.25) is 9.59 Å². The standard InChI is InChI=1S/C21H20N2O3/c1-3-14-10-7-11-16(12-14)22-19(25)17-18(24)21(2,23-20(17)26)13-15-8-5-4-6-9-15/h3-12,24H,1,13H2,2H3,(H,22,25)(H,23,26). The molecule has 26 heavy (non-hydrogen) atoms. The van der Waals surface area contributed by atoms with Gasteiger partial charge in [-0.15, -0.1) is 0 Å². The zero-order valence-corrected chi connectivity index (χ0v) is 14.5. The number of benzene rings is 2. The van der Waals surface area contributed by atoms with E-state index in [1.165, 1.54) is 0 Å². The van der Waals surface area contributed by atoms with Gasteiger partial charge >= 0.3 is 0 Å². The summed E-state index contributed by atoms with van der Waals surface area (Å²) < 4.78 is 0. The molecule has 1 aliphatic rings. The SMILES string of the molecule is C=Cc1cccc(NC(=O)C2=C(O)C(C)(Cc3ccccc3)NC2=O)c1. The molecule has 0 saturated heterocycles. The number of anilines is 1. The number of hydrogen-bond donors (Lipinski definition) is 3. The summed E-state index contributed by atoms with van der Waals surface area (Å²) in [6.07, 6.45) is 2.04. The fraction of sp³-hybridized carbons (Fsp3) is 0.143. The quantitative estimate of drug-likeness (QED) is 0.726. The third-order valence-corrected chi connectivity index (χ3v) is 4.38. The monoisotopic (exact) mass is 348 g/mol. The predicted octanol–water partition coefficient (Wildman–Crippen LogP) is 3.21. The van der Waals surface area contributed by atoms with Crippen LogP contribution in [0.5, 0.6) is 0 Å². The van der Waals surface area contributed by atoms with E-state index in [-0.39, 0.29) is 11.3 Å². The summed E-state index contributed by atoms with van der Waals surface area (Å²) in [6.45, 7) is 5.39. The molecule has 0 aliphatic carbocycles. The van der Waals surface area contributed by atoms with Crippen molar-refractivity contribution in [3.63, 3.8) is 0 Å². The average Bonchev–Trinajstić information content (AvgIpc) is 2.84. The first kappa shape index (κ1) is 17.5. The fourth-order valence-corrected chi connectivity index (χ4v) is 3.04. The van der Waals surface area contributed by atoms with Gasteiger partial charge in [-0.1, -0.05) is 55.1 Å². The molecule has 0 fully saturated rings.